The predicted molar refractivity (Wildman–Crippen MR) is 137 cm³/mol. The van der Waals surface area contributed by atoms with E-state index in [1.54, 1.807) is 18.2 Å². The Kier molecular flexibility index (Phi) is 6.32. The highest BCUT2D eigenvalue weighted by Crippen LogP contribution is 2.77. The molecule has 1 aliphatic heterocycles. The second kappa shape index (κ2) is 8.63. The van der Waals surface area contributed by atoms with Gasteiger partial charge in [-0.2, -0.15) is 5.01 Å². The minimum Gasteiger partial charge on any atom is -0.272 e. The highest BCUT2D eigenvalue weighted by atomic mass is 35.5. The minimum absolute atomic E-state index is 0.0259. The molecule has 0 radical (unpaired) electrons. The second-order valence-corrected chi connectivity index (χ2v) is 12.2. The van der Waals surface area contributed by atoms with Crippen molar-refractivity contribution in [1.29, 1.82) is 0 Å². The summed E-state index contributed by atoms with van der Waals surface area (Å²) < 4.78 is 12.5. The average molecular weight is 632 g/mol. The fourth-order valence-electron chi connectivity index (χ4n) is 5.01. The molecule has 4 atom stereocenters. The number of hydrogen-bond acceptors (Lipinski definition) is 3. The maximum absolute atomic E-state index is 14.6. The molecule has 2 aliphatic carbocycles. The Labute approximate surface area is 239 Å². The summed E-state index contributed by atoms with van der Waals surface area (Å²) in [5, 5.41) is 0.872. The number of halogens is 8. The van der Waals surface area contributed by atoms with E-state index in [0.29, 0.717) is 5.01 Å². The molecule has 0 unspecified atom stereocenters. The third-order valence-corrected chi connectivity index (χ3v) is 11.3. The van der Waals surface area contributed by atoms with Gasteiger partial charge < -0.3 is 0 Å². The van der Waals surface area contributed by atoms with Gasteiger partial charge in [-0.3, -0.25) is 14.4 Å². The zero-order valence-corrected chi connectivity index (χ0v) is 22.9. The first kappa shape index (κ1) is 26.4. The molecule has 3 aliphatic rings. The van der Waals surface area contributed by atoms with Crippen molar-refractivity contribution in [3.8, 4) is 0 Å². The lowest BCUT2D eigenvalue weighted by molar-refractivity contribution is -0.156. The van der Waals surface area contributed by atoms with E-state index in [-0.39, 0.29) is 26.2 Å². The fraction of sp³-hybridized carbons (Fsp3) is 0.261. The topological polar surface area (TPSA) is 57.7 Å². The highest BCUT2D eigenvalue weighted by Gasteiger charge is 2.88. The molecule has 0 spiro atoms. The predicted octanol–water partition coefficient (Wildman–Crippen LogP) is 6.48. The van der Waals surface area contributed by atoms with Crippen LogP contribution in [0.3, 0.4) is 0 Å². The highest BCUT2D eigenvalue weighted by molar-refractivity contribution is 6.66. The number of allylic oxidation sites excluding steroid dienone is 2. The number of alkyl halides is 4. The molecule has 0 N–H and O–H groups in total. The van der Waals surface area contributed by atoms with Crippen molar-refractivity contribution in [3.05, 3.63) is 80.6 Å². The van der Waals surface area contributed by atoms with Gasteiger partial charge in [-0.25, -0.2) is 9.40 Å². The first-order valence-corrected chi connectivity index (χ1v) is 13.0. The van der Waals surface area contributed by atoms with Crippen LogP contribution in [0.4, 0.5) is 4.39 Å². The quantitative estimate of drug-likeness (QED) is 0.287. The molecule has 0 aromatic heterocycles. The number of carbonyl (C=O) groups excluding carboxylic acids is 3. The van der Waals surface area contributed by atoms with Crippen LogP contribution in [0, 0.1) is 17.7 Å². The van der Waals surface area contributed by atoms with Crippen LogP contribution in [0.2, 0.25) is 5.02 Å². The van der Waals surface area contributed by atoms with Gasteiger partial charge in [0.25, 0.3) is 17.7 Å². The molecule has 1 saturated heterocycles. The molecule has 5 rings (SSSR count). The smallest absolute Gasteiger partial charge is 0.272 e. The number of hydrogen-bond donors (Lipinski definition) is 0. The van der Waals surface area contributed by atoms with E-state index < -0.39 is 56.0 Å². The molecule has 2 bridgehead atoms. The summed E-state index contributed by atoms with van der Waals surface area (Å²) in [5.74, 6) is -6.34. The third-order valence-electron chi connectivity index (χ3n) is 6.74. The first-order chi connectivity index (χ1) is 16.8. The molecule has 188 valence electrons. The van der Waals surface area contributed by atoms with Crippen molar-refractivity contribution in [2.24, 2.45) is 11.8 Å². The summed E-state index contributed by atoms with van der Waals surface area (Å²) in [6.07, 6.45) is 0. The maximum atomic E-state index is 14.6. The van der Waals surface area contributed by atoms with Gasteiger partial charge in [0.1, 0.15) is 15.6 Å². The maximum Gasteiger partial charge on any atom is 0.274 e. The molecule has 36 heavy (non-hydrogen) atoms. The largest absolute Gasteiger partial charge is 0.274 e. The van der Waals surface area contributed by atoms with Crippen LogP contribution in [0.1, 0.15) is 15.9 Å². The summed E-state index contributed by atoms with van der Waals surface area (Å²) in [5.41, 5.74) is -0.00605. The van der Waals surface area contributed by atoms with E-state index in [2.05, 4.69) is 0 Å². The molecule has 1 saturated carbocycles. The van der Waals surface area contributed by atoms with Gasteiger partial charge in [-0.1, -0.05) is 88.3 Å². The molecule has 1 heterocycles. The van der Waals surface area contributed by atoms with Gasteiger partial charge in [-0.05, 0) is 18.2 Å². The lowest BCUT2D eigenvalue weighted by atomic mass is 9.84. The van der Waals surface area contributed by atoms with Crippen molar-refractivity contribution in [3.63, 3.8) is 0 Å². The number of imide groups is 1. The van der Waals surface area contributed by atoms with Crippen molar-refractivity contribution in [1.82, 2.24) is 10.0 Å². The van der Waals surface area contributed by atoms with Crippen LogP contribution >= 0.6 is 81.2 Å². The molecule has 5 nitrogen and oxygen atoms in total. The van der Waals surface area contributed by atoms with E-state index >= 15 is 0 Å². The van der Waals surface area contributed by atoms with Gasteiger partial charge in [0.05, 0.1) is 39.0 Å². The van der Waals surface area contributed by atoms with Gasteiger partial charge in [-0.15, -0.1) is 23.2 Å². The van der Waals surface area contributed by atoms with Gasteiger partial charge >= 0.3 is 0 Å². The van der Waals surface area contributed by atoms with E-state index in [9.17, 15) is 18.8 Å². The number of benzene rings is 2. The summed E-state index contributed by atoms with van der Waals surface area (Å²) in [6.45, 7) is -0.500. The monoisotopic (exact) mass is 628 g/mol. The summed E-state index contributed by atoms with van der Waals surface area (Å²) in [6, 6.07) is 11.6. The van der Waals surface area contributed by atoms with E-state index in [1.807, 2.05) is 0 Å². The Hall–Kier alpha value is -1.25. The number of carbonyl (C=O) groups is 3. The summed E-state index contributed by atoms with van der Waals surface area (Å²) >= 11 is 45.4. The Morgan fingerprint density at radius 3 is 1.89 bits per heavy atom. The van der Waals surface area contributed by atoms with Crippen molar-refractivity contribution < 1.29 is 18.8 Å². The fourth-order valence-corrected chi connectivity index (χ4v) is 8.16. The van der Waals surface area contributed by atoms with E-state index in [1.165, 1.54) is 30.3 Å². The van der Waals surface area contributed by atoms with Crippen molar-refractivity contribution in [2.45, 2.75) is 20.6 Å². The molecule has 13 heteroatoms. The SMILES string of the molecule is O=C(c1ccccc1Cl)N(Cc1ccccc1F)N1C(=O)[C@H]2[C@H](C1=O)[C@@]1(Cl)C(Cl)=C(Cl)[C@@]2(Cl)C1(Cl)Cl. The van der Waals surface area contributed by atoms with Crippen LogP contribution in [0.5, 0.6) is 0 Å². The molecule has 2 aromatic carbocycles. The van der Waals surface area contributed by atoms with Gasteiger partial charge in [0.15, 0.2) is 4.33 Å². The summed E-state index contributed by atoms with van der Waals surface area (Å²) in [4.78, 5) is 37.2. The second-order valence-electron chi connectivity index (χ2n) is 8.50. The normalized spacial score (nSPS) is 30.3. The Morgan fingerprint density at radius 1 is 0.861 bits per heavy atom. The Bertz CT molecular complexity index is 1340. The number of rotatable bonds is 4. The molecule has 3 amide bonds. The first-order valence-electron chi connectivity index (χ1n) is 10.3. The minimum atomic E-state index is -2.13. The Balaban J connectivity index is 1.65. The number of fused-ring (bicyclic) bond motifs is 5. The Morgan fingerprint density at radius 2 is 1.36 bits per heavy atom. The average Bonchev–Trinajstić information content (AvgIpc) is 3.22. The van der Waals surface area contributed by atoms with Crippen molar-refractivity contribution >= 4 is 98.9 Å². The molecular formula is C23H12Cl7FN2O3. The van der Waals surface area contributed by atoms with Crippen LogP contribution in [-0.4, -0.2) is 41.8 Å². The summed E-state index contributed by atoms with van der Waals surface area (Å²) in [7, 11) is 0. The van der Waals surface area contributed by atoms with E-state index in [4.69, 9.17) is 81.2 Å². The van der Waals surface area contributed by atoms with Crippen molar-refractivity contribution in [2.75, 3.05) is 0 Å². The van der Waals surface area contributed by atoms with E-state index in [0.717, 1.165) is 5.01 Å². The molecule has 2 fully saturated rings. The lowest BCUT2D eigenvalue weighted by Gasteiger charge is -2.37. The third kappa shape index (κ3) is 3.13. The number of amides is 3. The molecular weight excluding hydrogens is 619 g/mol. The number of nitrogens with zero attached hydrogens (tertiary/aromatic N) is 2. The van der Waals surface area contributed by atoms with Crippen LogP contribution in [0.25, 0.3) is 0 Å². The number of hydrazine groups is 1. The zero-order valence-electron chi connectivity index (χ0n) is 17.6. The standard InChI is InChI=1S/C23H12Cl7FN2O3/c24-12-7-3-2-6-11(12)18(34)32(9-10-5-1-4-8-13(10)31)33-19(35)14-15(20(33)36)22(28)17(26)16(25)21(14,27)23(22,29)30/h1-8,14-15H,9H2/t14-,15-,21-,22-/m1/s1. The van der Waals surface area contributed by atoms with Crippen LogP contribution in [0.15, 0.2) is 58.6 Å². The molecule has 2 aromatic rings. The van der Waals surface area contributed by atoms with Gasteiger partial charge in [0.2, 0.25) is 0 Å². The van der Waals surface area contributed by atoms with Crippen LogP contribution in [-0.2, 0) is 16.1 Å². The van der Waals surface area contributed by atoms with Gasteiger partial charge in [0, 0.05) is 5.56 Å². The van der Waals surface area contributed by atoms with Crippen LogP contribution < -0.4 is 0 Å². The lowest BCUT2D eigenvalue weighted by Crippen LogP contribution is -2.55. The zero-order chi connectivity index (χ0) is 26.4.